The molecule has 2 amide bonds. The third-order valence-corrected chi connectivity index (χ3v) is 3.43. The first kappa shape index (κ1) is 15.3. The minimum atomic E-state index is -0.927. The van der Waals surface area contributed by atoms with Crippen LogP contribution >= 0.6 is 0 Å². The van der Waals surface area contributed by atoms with E-state index in [0.29, 0.717) is 32.6 Å². The van der Waals surface area contributed by atoms with Crippen LogP contribution in [0.3, 0.4) is 0 Å². The Hall–Kier alpha value is -1.74. The van der Waals surface area contributed by atoms with Gasteiger partial charge in [0.2, 0.25) is 0 Å². The van der Waals surface area contributed by atoms with Crippen LogP contribution in [0.25, 0.3) is 0 Å². The van der Waals surface area contributed by atoms with E-state index < -0.39 is 11.4 Å². The number of hydrogen-bond acceptors (Lipinski definition) is 3. The maximum Gasteiger partial charge on any atom is 0.318 e. The van der Waals surface area contributed by atoms with Crippen molar-refractivity contribution in [1.29, 1.82) is 0 Å². The number of nitrogens with zero attached hydrogens (tertiary/aromatic N) is 1. The van der Waals surface area contributed by atoms with E-state index in [0.717, 1.165) is 0 Å². The summed E-state index contributed by atoms with van der Waals surface area (Å²) in [5.41, 5.74) is -0.927. The van der Waals surface area contributed by atoms with Crippen molar-refractivity contribution in [2.45, 2.75) is 19.8 Å². The summed E-state index contributed by atoms with van der Waals surface area (Å²) in [4.78, 5) is 24.7. The molecule has 1 saturated heterocycles. The van der Waals surface area contributed by atoms with Crippen molar-refractivity contribution in [3.05, 3.63) is 0 Å². The third-order valence-electron chi connectivity index (χ3n) is 3.43. The molecule has 1 aliphatic heterocycles. The van der Waals surface area contributed by atoms with Crippen LogP contribution in [0.1, 0.15) is 19.8 Å². The molecule has 0 aromatic heterocycles. The van der Waals surface area contributed by atoms with Crippen molar-refractivity contribution in [1.82, 2.24) is 10.2 Å². The zero-order valence-electron chi connectivity index (χ0n) is 11.1. The summed E-state index contributed by atoms with van der Waals surface area (Å²) in [6.07, 6.45) is 5.99. The second-order valence-corrected chi connectivity index (χ2v) is 4.57. The molecule has 0 saturated carbocycles. The Bertz CT molecular complexity index is 369. The van der Waals surface area contributed by atoms with Gasteiger partial charge in [-0.05, 0) is 19.8 Å². The van der Waals surface area contributed by atoms with Gasteiger partial charge < -0.3 is 20.1 Å². The molecule has 2 N–H and O–H groups in total. The molecule has 0 radical (unpaired) electrons. The fourth-order valence-electron chi connectivity index (χ4n) is 2.02. The maximum atomic E-state index is 11.9. The topological polar surface area (TPSA) is 78.9 Å². The van der Waals surface area contributed by atoms with Gasteiger partial charge in [-0.2, -0.15) is 0 Å². The molecule has 0 aromatic rings. The number of amides is 2. The van der Waals surface area contributed by atoms with E-state index in [1.165, 1.54) is 4.90 Å². The number of carboxylic acids is 1. The molecule has 6 nitrogen and oxygen atoms in total. The number of rotatable bonds is 5. The molecule has 6 heteroatoms. The minimum absolute atomic E-state index is 0.103. The lowest BCUT2D eigenvalue weighted by Crippen LogP contribution is -2.49. The predicted molar refractivity (Wildman–Crippen MR) is 69.6 cm³/mol. The number of carboxylic acid groups (broad SMARTS) is 1. The van der Waals surface area contributed by atoms with Crippen LogP contribution in [0.15, 0.2) is 0 Å². The van der Waals surface area contributed by atoms with Crippen molar-refractivity contribution < 1.29 is 19.4 Å². The number of hydrogen-bond donors (Lipinski definition) is 2. The Labute approximate surface area is 113 Å². The van der Waals surface area contributed by atoms with Crippen LogP contribution in [0.5, 0.6) is 0 Å². The molecular weight excluding hydrogens is 248 g/mol. The normalized spacial score (nSPS) is 17.3. The summed E-state index contributed by atoms with van der Waals surface area (Å²) in [7, 11) is 0. The van der Waals surface area contributed by atoms with Crippen molar-refractivity contribution >= 4 is 12.0 Å². The number of urea groups is 1. The molecule has 0 spiro atoms. The molecule has 0 bridgehead atoms. The Kier molecular flexibility index (Phi) is 5.64. The lowest BCUT2D eigenvalue weighted by atomic mass is 9.80. The number of aliphatic carboxylic acids is 1. The van der Waals surface area contributed by atoms with Gasteiger partial charge in [0.1, 0.15) is 0 Å². The van der Waals surface area contributed by atoms with E-state index in [1.54, 1.807) is 0 Å². The van der Waals surface area contributed by atoms with E-state index in [-0.39, 0.29) is 19.1 Å². The summed E-state index contributed by atoms with van der Waals surface area (Å²) in [5.74, 6) is 1.51. The van der Waals surface area contributed by atoms with Gasteiger partial charge in [-0.15, -0.1) is 6.42 Å². The molecule has 0 aliphatic carbocycles. The molecule has 1 heterocycles. The van der Waals surface area contributed by atoms with Crippen LogP contribution in [-0.4, -0.2) is 54.9 Å². The summed E-state index contributed by atoms with van der Waals surface area (Å²) < 4.78 is 5.18. The van der Waals surface area contributed by atoms with Gasteiger partial charge >= 0.3 is 12.0 Å². The molecule has 0 atom stereocenters. The Balaban J connectivity index is 2.59. The molecule has 1 aliphatic rings. The monoisotopic (exact) mass is 268 g/mol. The van der Waals surface area contributed by atoms with E-state index in [9.17, 15) is 14.7 Å². The molecular formula is C13H20N2O4. The highest BCUT2D eigenvalue weighted by Crippen LogP contribution is 2.30. The van der Waals surface area contributed by atoms with Crippen LogP contribution in [-0.2, 0) is 9.53 Å². The zero-order valence-corrected chi connectivity index (χ0v) is 11.1. The summed E-state index contributed by atoms with van der Waals surface area (Å²) in [6, 6.07) is -0.326. The number of carbonyl (C=O) groups is 2. The van der Waals surface area contributed by atoms with Gasteiger partial charge in [0.05, 0.1) is 12.0 Å². The summed E-state index contributed by atoms with van der Waals surface area (Å²) in [5, 5.41) is 12.0. The highest BCUT2D eigenvalue weighted by Gasteiger charge is 2.40. The Morgan fingerprint density at radius 2 is 2.11 bits per heavy atom. The van der Waals surface area contributed by atoms with E-state index in [2.05, 4.69) is 11.2 Å². The lowest BCUT2D eigenvalue weighted by molar-refractivity contribution is -0.154. The quantitative estimate of drug-likeness (QED) is 0.713. The minimum Gasteiger partial charge on any atom is -0.481 e. The first-order valence-electron chi connectivity index (χ1n) is 6.33. The van der Waals surface area contributed by atoms with Crippen LogP contribution < -0.4 is 5.32 Å². The van der Waals surface area contributed by atoms with Crippen LogP contribution in [0.4, 0.5) is 4.79 Å². The SMILES string of the molecule is C#CCN(CC)C(=O)NCC1(C(=O)O)CCOCC1. The van der Waals surface area contributed by atoms with Crippen molar-refractivity contribution in [3.63, 3.8) is 0 Å². The standard InChI is InChI=1S/C13H20N2O4/c1-3-7-15(4-2)12(18)14-10-13(11(16)17)5-8-19-9-6-13/h1H,4-10H2,2H3,(H,14,18)(H,16,17). The second-order valence-electron chi connectivity index (χ2n) is 4.57. The van der Waals surface area contributed by atoms with Gasteiger partial charge in [0.15, 0.2) is 0 Å². The largest absolute Gasteiger partial charge is 0.481 e. The van der Waals surface area contributed by atoms with Gasteiger partial charge in [-0.3, -0.25) is 4.79 Å². The molecule has 1 fully saturated rings. The Morgan fingerprint density at radius 3 is 2.58 bits per heavy atom. The number of terminal acetylenes is 1. The highest BCUT2D eigenvalue weighted by molar-refractivity contribution is 5.78. The molecule has 1 rings (SSSR count). The van der Waals surface area contributed by atoms with Crippen LogP contribution in [0.2, 0.25) is 0 Å². The number of ether oxygens (including phenoxy) is 1. The Morgan fingerprint density at radius 1 is 1.47 bits per heavy atom. The third kappa shape index (κ3) is 3.86. The molecule has 0 unspecified atom stereocenters. The van der Waals surface area contributed by atoms with Crippen LogP contribution in [0, 0.1) is 17.8 Å². The average molecular weight is 268 g/mol. The number of nitrogens with one attached hydrogen (secondary N) is 1. The lowest BCUT2D eigenvalue weighted by Gasteiger charge is -2.33. The van der Waals surface area contributed by atoms with Gasteiger partial charge in [-0.25, -0.2) is 4.79 Å². The van der Waals surface area contributed by atoms with Crippen molar-refractivity contribution in [3.8, 4) is 12.3 Å². The van der Waals surface area contributed by atoms with E-state index in [1.807, 2.05) is 6.92 Å². The molecule has 0 aromatic carbocycles. The number of carbonyl (C=O) groups excluding carboxylic acids is 1. The zero-order chi connectivity index (χ0) is 14.3. The summed E-state index contributed by atoms with van der Waals surface area (Å²) >= 11 is 0. The van der Waals surface area contributed by atoms with Gasteiger partial charge in [-0.1, -0.05) is 5.92 Å². The maximum absolute atomic E-state index is 11.9. The van der Waals surface area contributed by atoms with Gasteiger partial charge in [0.25, 0.3) is 0 Å². The fraction of sp³-hybridized carbons (Fsp3) is 0.692. The smallest absolute Gasteiger partial charge is 0.318 e. The first-order chi connectivity index (χ1) is 9.05. The van der Waals surface area contributed by atoms with Crippen molar-refractivity contribution in [2.24, 2.45) is 5.41 Å². The molecule has 19 heavy (non-hydrogen) atoms. The first-order valence-corrected chi connectivity index (χ1v) is 6.33. The van der Waals surface area contributed by atoms with Gasteiger partial charge in [0, 0.05) is 26.3 Å². The van der Waals surface area contributed by atoms with Crippen molar-refractivity contribution in [2.75, 3.05) is 32.8 Å². The van der Waals surface area contributed by atoms with E-state index >= 15 is 0 Å². The predicted octanol–water partition coefficient (Wildman–Crippen LogP) is 0.532. The van der Waals surface area contributed by atoms with E-state index in [4.69, 9.17) is 11.2 Å². The molecule has 106 valence electrons. The second kappa shape index (κ2) is 7.00. The average Bonchev–Trinajstić information content (AvgIpc) is 2.43. The fourth-order valence-corrected chi connectivity index (χ4v) is 2.02. The summed E-state index contributed by atoms with van der Waals surface area (Å²) in [6.45, 7) is 3.43. The highest BCUT2D eigenvalue weighted by atomic mass is 16.5.